The molecule has 0 N–H and O–H groups in total. The molecule has 1 aliphatic heterocycles. The number of hydrogen-bond donors (Lipinski definition) is 0. The van der Waals surface area contributed by atoms with E-state index in [2.05, 4.69) is 29.3 Å². The maximum Gasteiger partial charge on any atom is 0.233 e. The van der Waals surface area contributed by atoms with Crippen molar-refractivity contribution < 1.29 is 8.42 Å². The molecule has 110 valence electrons. The molecule has 0 saturated carbocycles. The molecular weight excluding hydrogens is 304 g/mol. The fraction of sp³-hybridized carbons (Fsp3) is 0.267. The molecule has 1 heterocycles. The molecule has 0 bridgehead atoms. The third kappa shape index (κ3) is 3.06. The molecule has 21 heavy (non-hydrogen) atoms. The van der Waals surface area contributed by atoms with Gasteiger partial charge in [-0.3, -0.25) is 4.99 Å². The fourth-order valence-electron chi connectivity index (χ4n) is 2.40. The highest BCUT2D eigenvalue weighted by molar-refractivity contribution is 8.14. The van der Waals surface area contributed by atoms with Crippen molar-refractivity contribution in [2.24, 2.45) is 4.99 Å². The predicted molar refractivity (Wildman–Crippen MR) is 89.1 cm³/mol. The van der Waals surface area contributed by atoms with Crippen molar-refractivity contribution in [2.75, 3.05) is 19.3 Å². The second kappa shape index (κ2) is 5.69. The normalized spacial score (nSPS) is 15.5. The third-order valence-electron chi connectivity index (χ3n) is 3.40. The van der Waals surface area contributed by atoms with Crippen molar-refractivity contribution >= 4 is 37.7 Å². The van der Waals surface area contributed by atoms with Crippen molar-refractivity contribution in [1.82, 2.24) is 4.31 Å². The minimum atomic E-state index is -3.22. The van der Waals surface area contributed by atoms with Crippen molar-refractivity contribution in [2.45, 2.75) is 5.75 Å². The average Bonchev–Trinajstić information content (AvgIpc) is 2.93. The monoisotopic (exact) mass is 320 g/mol. The zero-order valence-corrected chi connectivity index (χ0v) is 13.3. The predicted octanol–water partition coefficient (Wildman–Crippen LogP) is 2.70. The van der Waals surface area contributed by atoms with Gasteiger partial charge in [0.15, 0.2) is 5.17 Å². The van der Waals surface area contributed by atoms with Gasteiger partial charge in [0, 0.05) is 5.75 Å². The van der Waals surface area contributed by atoms with Crippen LogP contribution in [-0.4, -0.2) is 37.2 Å². The van der Waals surface area contributed by atoms with E-state index in [9.17, 15) is 8.42 Å². The Balaban J connectivity index is 1.81. The molecule has 0 amide bonds. The van der Waals surface area contributed by atoms with Crippen LogP contribution in [0.4, 0.5) is 0 Å². The summed E-state index contributed by atoms with van der Waals surface area (Å²) in [6, 6.07) is 14.4. The van der Waals surface area contributed by atoms with Gasteiger partial charge < -0.3 is 0 Å². The van der Waals surface area contributed by atoms with Crippen LogP contribution in [0.5, 0.6) is 0 Å². The fourth-order valence-corrected chi connectivity index (χ4v) is 4.67. The van der Waals surface area contributed by atoms with Gasteiger partial charge in [0.2, 0.25) is 10.0 Å². The average molecular weight is 320 g/mol. The first kappa shape index (κ1) is 14.4. The summed E-state index contributed by atoms with van der Waals surface area (Å²) in [5.41, 5.74) is 1.20. The van der Waals surface area contributed by atoms with Gasteiger partial charge in [-0.15, -0.1) is 0 Å². The van der Waals surface area contributed by atoms with Gasteiger partial charge in [-0.25, -0.2) is 12.7 Å². The highest BCUT2D eigenvalue weighted by Crippen LogP contribution is 2.26. The Morgan fingerprint density at radius 1 is 1.19 bits per heavy atom. The Hall–Kier alpha value is -1.53. The maximum atomic E-state index is 11.7. The van der Waals surface area contributed by atoms with Gasteiger partial charge in [0.25, 0.3) is 0 Å². The smallest absolute Gasteiger partial charge is 0.233 e. The summed E-state index contributed by atoms with van der Waals surface area (Å²) in [6.45, 7) is 1.00. The first-order valence-corrected chi connectivity index (χ1v) is 9.51. The number of hydrogen-bond acceptors (Lipinski definition) is 4. The quantitative estimate of drug-likeness (QED) is 0.874. The van der Waals surface area contributed by atoms with Crippen LogP contribution in [0.1, 0.15) is 5.56 Å². The molecule has 0 fully saturated rings. The Labute approximate surface area is 128 Å². The molecular formula is C15H16N2O2S2. The van der Waals surface area contributed by atoms with Gasteiger partial charge in [0.1, 0.15) is 0 Å². The summed E-state index contributed by atoms with van der Waals surface area (Å²) in [4.78, 5) is 4.31. The van der Waals surface area contributed by atoms with E-state index in [4.69, 9.17) is 0 Å². The molecule has 0 spiro atoms. The van der Waals surface area contributed by atoms with E-state index in [-0.39, 0.29) is 0 Å². The maximum absolute atomic E-state index is 11.7. The highest BCUT2D eigenvalue weighted by atomic mass is 32.2. The van der Waals surface area contributed by atoms with Crippen molar-refractivity contribution in [3.8, 4) is 0 Å². The van der Waals surface area contributed by atoms with E-state index in [0.29, 0.717) is 24.0 Å². The molecule has 0 aliphatic carbocycles. The van der Waals surface area contributed by atoms with Gasteiger partial charge >= 0.3 is 0 Å². The number of fused-ring (bicyclic) bond motifs is 1. The molecule has 0 radical (unpaired) electrons. The molecule has 0 saturated heterocycles. The molecule has 4 nitrogen and oxygen atoms in total. The van der Waals surface area contributed by atoms with Crippen LogP contribution in [0.25, 0.3) is 10.8 Å². The molecule has 0 aromatic heterocycles. The van der Waals surface area contributed by atoms with E-state index in [1.54, 1.807) is 0 Å². The summed E-state index contributed by atoms with van der Waals surface area (Å²) in [5, 5.41) is 3.01. The first-order chi connectivity index (χ1) is 10.1. The summed E-state index contributed by atoms with van der Waals surface area (Å²) >= 11 is 1.48. The lowest BCUT2D eigenvalue weighted by Crippen LogP contribution is -2.31. The highest BCUT2D eigenvalue weighted by Gasteiger charge is 2.25. The van der Waals surface area contributed by atoms with E-state index in [1.807, 2.05) is 18.2 Å². The topological polar surface area (TPSA) is 49.7 Å². The zero-order valence-electron chi connectivity index (χ0n) is 11.7. The molecule has 1 aliphatic rings. The standard InChI is InChI=1S/C15H16N2O2S2/c1-21(18,19)17-10-9-16-15(17)20-11-13-7-4-6-12-5-2-3-8-14(12)13/h2-8H,9-11H2,1H3. The van der Waals surface area contributed by atoms with Crippen LogP contribution in [0.3, 0.4) is 0 Å². The van der Waals surface area contributed by atoms with E-state index < -0.39 is 10.0 Å². The van der Waals surface area contributed by atoms with Crippen molar-refractivity contribution in [3.63, 3.8) is 0 Å². The number of sulfonamides is 1. The number of thioether (sulfide) groups is 1. The van der Waals surface area contributed by atoms with Crippen molar-refractivity contribution in [1.29, 1.82) is 0 Å². The van der Waals surface area contributed by atoms with Crippen LogP contribution >= 0.6 is 11.8 Å². The van der Waals surface area contributed by atoms with E-state index in [1.165, 1.54) is 38.7 Å². The summed E-state index contributed by atoms with van der Waals surface area (Å²) in [6.07, 6.45) is 1.23. The molecule has 3 rings (SSSR count). The number of benzene rings is 2. The Morgan fingerprint density at radius 3 is 2.76 bits per heavy atom. The molecule has 2 aromatic carbocycles. The molecule has 2 aromatic rings. The van der Waals surface area contributed by atoms with Crippen LogP contribution < -0.4 is 0 Å². The van der Waals surface area contributed by atoms with Crippen molar-refractivity contribution in [3.05, 3.63) is 48.0 Å². The minimum Gasteiger partial charge on any atom is -0.260 e. The van der Waals surface area contributed by atoms with E-state index >= 15 is 0 Å². The lowest BCUT2D eigenvalue weighted by molar-refractivity contribution is 0.547. The van der Waals surface area contributed by atoms with Crippen LogP contribution in [0.15, 0.2) is 47.5 Å². The van der Waals surface area contributed by atoms with E-state index in [0.717, 1.165) is 0 Å². The Morgan fingerprint density at radius 2 is 1.95 bits per heavy atom. The Kier molecular flexibility index (Phi) is 3.91. The van der Waals surface area contributed by atoms with Crippen LogP contribution in [0, 0.1) is 0 Å². The second-order valence-corrected chi connectivity index (χ2v) is 7.78. The largest absolute Gasteiger partial charge is 0.260 e. The number of aliphatic imine (C=N–C) groups is 1. The third-order valence-corrected chi connectivity index (χ3v) is 5.74. The first-order valence-electron chi connectivity index (χ1n) is 6.67. The number of nitrogens with zero attached hydrogens (tertiary/aromatic N) is 2. The van der Waals surface area contributed by atoms with Crippen LogP contribution in [0.2, 0.25) is 0 Å². The van der Waals surface area contributed by atoms with Gasteiger partial charge in [-0.2, -0.15) is 0 Å². The molecule has 0 atom stereocenters. The van der Waals surface area contributed by atoms with Gasteiger partial charge in [-0.1, -0.05) is 54.2 Å². The summed E-state index contributed by atoms with van der Waals surface area (Å²) in [7, 11) is -3.22. The lowest BCUT2D eigenvalue weighted by Gasteiger charge is -2.17. The van der Waals surface area contributed by atoms with Gasteiger partial charge in [-0.05, 0) is 16.3 Å². The zero-order chi connectivity index (χ0) is 14.9. The molecule has 0 unspecified atom stereocenters. The lowest BCUT2D eigenvalue weighted by atomic mass is 10.1. The van der Waals surface area contributed by atoms with Crippen LogP contribution in [-0.2, 0) is 15.8 Å². The number of rotatable bonds is 3. The summed E-state index contributed by atoms with van der Waals surface area (Å²) in [5.74, 6) is 0.714. The Bertz CT molecular complexity index is 795. The number of amidine groups is 1. The second-order valence-electron chi connectivity index (χ2n) is 4.93. The SMILES string of the molecule is CS(=O)(=O)N1CCN=C1SCc1cccc2ccccc12. The minimum absolute atomic E-state index is 0.455. The molecule has 6 heteroatoms. The summed E-state index contributed by atoms with van der Waals surface area (Å²) < 4.78 is 24.8. The van der Waals surface area contributed by atoms with Gasteiger partial charge in [0.05, 0.1) is 19.3 Å².